The highest BCUT2D eigenvalue weighted by Gasteiger charge is 2.14. The normalized spacial score (nSPS) is 23.2. The molecule has 0 aliphatic carbocycles. The van der Waals surface area contributed by atoms with Gasteiger partial charge in [0.15, 0.2) is 0 Å². The van der Waals surface area contributed by atoms with Crippen molar-refractivity contribution < 1.29 is 0 Å². The summed E-state index contributed by atoms with van der Waals surface area (Å²) < 4.78 is 0. The van der Waals surface area contributed by atoms with Gasteiger partial charge < -0.3 is 5.32 Å². The molecule has 12 heavy (non-hydrogen) atoms. The molecule has 1 saturated heterocycles. The summed E-state index contributed by atoms with van der Waals surface area (Å²) in [6.07, 6.45) is 5.95. The van der Waals surface area contributed by atoms with E-state index in [1.165, 1.54) is 30.7 Å². The van der Waals surface area contributed by atoms with E-state index >= 15 is 0 Å². The fourth-order valence-electron chi connectivity index (χ4n) is 1.49. The molecule has 1 N–H and O–H groups in total. The van der Waals surface area contributed by atoms with Gasteiger partial charge in [-0.15, -0.1) is 23.7 Å². The predicted molar refractivity (Wildman–Crippen MR) is 54.0 cm³/mol. The first-order valence-corrected chi connectivity index (χ1v) is 4.96. The number of rotatable bonds is 1. The third-order valence-electron chi connectivity index (χ3n) is 2.11. The highest BCUT2D eigenvalue weighted by atomic mass is 35.5. The van der Waals surface area contributed by atoms with Gasteiger partial charge in [0.2, 0.25) is 0 Å². The van der Waals surface area contributed by atoms with Crippen molar-refractivity contribution in [3.05, 3.63) is 16.6 Å². The van der Waals surface area contributed by atoms with Gasteiger partial charge >= 0.3 is 0 Å². The molecule has 1 unspecified atom stereocenters. The zero-order valence-electron chi connectivity index (χ0n) is 6.82. The minimum Gasteiger partial charge on any atom is -0.309 e. The number of nitrogens with one attached hydrogen (secondary N) is 1. The highest BCUT2D eigenvalue weighted by molar-refractivity contribution is 7.09. The van der Waals surface area contributed by atoms with Crippen LogP contribution in [0.3, 0.4) is 0 Å². The second-order valence-corrected chi connectivity index (χ2v) is 3.82. The molecule has 1 aromatic heterocycles. The summed E-state index contributed by atoms with van der Waals surface area (Å²) in [5.41, 5.74) is 1.91. The molecule has 0 radical (unpaired) electrons. The Hall–Kier alpha value is -0.120. The maximum Gasteiger partial charge on any atom is 0.0794 e. The maximum absolute atomic E-state index is 4.08. The molecule has 0 spiro atoms. The van der Waals surface area contributed by atoms with Crippen LogP contribution in [0.1, 0.15) is 30.2 Å². The molecule has 2 heterocycles. The van der Waals surface area contributed by atoms with Gasteiger partial charge in [-0.1, -0.05) is 6.42 Å². The molecular formula is C8H13ClN2S. The highest BCUT2D eigenvalue weighted by Crippen LogP contribution is 2.24. The zero-order chi connectivity index (χ0) is 7.52. The number of hydrogen-bond donors (Lipinski definition) is 1. The summed E-state index contributed by atoms with van der Waals surface area (Å²) in [4.78, 5) is 5.47. The molecule has 2 rings (SSSR count). The van der Waals surface area contributed by atoms with Gasteiger partial charge in [0.05, 0.1) is 5.51 Å². The van der Waals surface area contributed by atoms with E-state index in [2.05, 4.69) is 10.3 Å². The summed E-state index contributed by atoms with van der Waals surface area (Å²) in [6, 6.07) is 0.594. The third-order valence-corrected chi connectivity index (χ3v) is 2.99. The van der Waals surface area contributed by atoms with E-state index in [-0.39, 0.29) is 12.4 Å². The molecule has 68 valence electrons. The molecule has 1 aromatic rings. The van der Waals surface area contributed by atoms with Gasteiger partial charge in [-0.05, 0) is 19.4 Å². The summed E-state index contributed by atoms with van der Waals surface area (Å²) in [7, 11) is 0. The third kappa shape index (κ3) is 2.19. The second kappa shape index (κ2) is 4.80. The Balaban J connectivity index is 0.000000720. The standard InChI is InChI=1S/C8H12N2S.ClH/c1-2-4-10-7(3-1)8-5-9-6-11-8;/h5-7,10H,1-4H2;1H. The van der Waals surface area contributed by atoms with E-state index in [0.29, 0.717) is 6.04 Å². The number of thiazole rings is 1. The number of nitrogens with zero attached hydrogens (tertiary/aromatic N) is 1. The fourth-order valence-corrected chi connectivity index (χ4v) is 2.22. The molecular weight excluding hydrogens is 192 g/mol. The van der Waals surface area contributed by atoms with Crippen LogP contribution in [0.2, 0.25) is 0 Å². The minimum absolute atomic E-state index is 0. The van der Waals surface area contributed by atoms with Crippen molar-refractivity contribution in [2.75, 3.05) is 6.54 Å². The topological polar surface area (TPSA) is 24.9 Å². The van der Waals surface area contributed by atoms with Crippen molar-refractivity contribution in [1.29, 1.82) is 0 Å². The molecule has 1 aliphatic heterocycles. The Kier molecular flexibility index (Phi) is 3.98. The molecule has 0 amide bonds. The van der Waals surface area contributed by atoms with Crippen molar-refractivity contribution in [2.45, 2.75) is 25.3 Å². The number of piperidine rings is 1. The largest absolute Gasteiger partial charge is 0.309 e. The van der Waals surface area contributed by atoms with Crippen LogP contribution in [0.5, 0.6) is 0 Å². The molecule has 1 fully saturated rings. The Labute approximate surface area is 82.8 Å². The van der Waals surface area contributed by atoms with Crippen LogP contribution in [0.4, 0.5) is 0 Å². The fraction of sp³-hybridized carbons (Fsp3) is 0.625. The first-order valence-electron chi connectivity index (χ1n) is 4.08. The number of halogens is 1. The first-order chi connectivity index (χ1) is 5.47. The lowest BCUT2D eigenvalue weighted by molar-refractivity contribution is 0.417. The molecule has 0 aromatic carbocycles. The lowest BCUT2D eigenvalue weighted by atomic mass is 10.0. The van der Waals surface area contributed by atoms with E-state index in [9.17, 15) is 0 Å². The van der Waals surface area contributed by atoms with Crippen molar-refractivity contribution >= 4 is 23.7 Å². The Bertz CT molecular complexity index is 207. The van der Waals surface area contributed by atoms with Crippen molar-refractivity contribution in [1.82, 2.24) is 10.3 Å². The maximum atomic E-state index is 4.08. The van der Waals surface area contributed by atoms with E-state index in [1.807, 2.05) is 11.7 Å². The van der Waals surface area contributed by atoms with Crippen LogP contribution < -0.4 is 5.32 Å². The van der Waals surface area contributed by atoms with E-state index < -0.39 is 0 Å². The van der Waals surface area contributed by atoms with Crippen LogP contribution in [0.15, 0.2) is 11.7 Å². The molecule has 1 atom stereocenters. The average molecular weight is 205 g/mol. The van der Waals surface area contributed by atoms with Crippen LogP contribution in [0, 0.1) is 0 Å². The summed E-state index contributed by atoms with van der Waals surface area (Å²) in [5.74, 6) is 0. The number of aromatic nitrogens is 1. The van der Waals surface area contributed by atoms with E-state index in [1.54, 1.807) is 11.3 Å². The van der Waals surface area contributed by atoms with E-state index in [0.717, 1.165) is 0 Å². The van der Waals surface area contributed by atoms with Crippen LogP contribution >= 0.6 is 23.7 Å². The number of hydrogen-bond acceptors (Lipinski definition) is 3. The smallest absolute Gasteiger partial charge is 0.0794 e. The minimum atomic E-state index is 0. The molecule has 4 heteroatoms. The van der Waals surface area contributed by atoms with Crippen LogP contribution in [-0.2, 0) is 0 Å². The van der Waals surface area contributed by atoms with Crippen LogP contribution in [-0.4, -0.2) is 11.5 Å². The Morgan fingerprint density at radius 1 is 1.50 bits per heavy atom. The Morgan fingerprint density at radius 3 is 3.00 bits per heavy atom. The van der Waals surface area contributed by atoms with Crippen molar-refractivity contribution in [2.24, 2.45) is 0 Å². The van der Waals surface area contributed by atoms with Crippen molar-refractivity contribution in [3.8, 4) is 0 Å². The second-order valence-electron chi connectivity index (χ2n) is 2.91. The zero-order valence-corrected chi connectivity index (χ0v) is 8.46. The van der Waals surface area contributed by atoms with Gasteiger partial charge in [-0.25, -0.2) is 0 Å². The summed E-state index contributed by atoms with van der Waals surface area (Å²) >= 11 is 1.76. The Morgan fingerprint density at radius 2 is 2.42 bits per heavy atom. The quantitative estimate of drug-likeness (QED) is 0.760. The summed E-state index contributed by atoms with van der Waals surface area (Å²) in [5, 5.41) is 3.49. The van der Waals surface area contributed by atoms with E-state index in [4.69, 9.17) is 0 Å². The van der Waals surface area contributed by atoms with Crippen molar-refractivity contribution in [3.63, 3.8) is 0 Å². The lowest BCUT2D eigenvalue weighted by Crippen LogP contribution is -2.25. The van der Waals surface area contributed by atoms with Gasteiger partial charge in [0.25, 0.3) is 0 Å². The predicted octanol–water partition coefficient (Wildman–Crippen LogP) is 2.38. The first kappa shape index (κ1) is 9.96. The summed E-state index contributed by atoms with van der Waals surface area (Å²) in [6.45, 7) is 1.17. The van der Waals surface area contributed by atoms with Gasteiger partial charge in [-0.3, -0.25) is 4.98 Å². The SMILES string of the molecule is Cl.c1ncc(C2CCCCN2)s1. The average Bonchev–Trinajstić information content (AvgIpc) is 2.58. The van der Waals surface area contributed by atoms with Gasteiger partial charge in [0.1, 0.15) is 0 Å². The monoisotopic (exact) mass is 204 g/mol. The lowest BCUT2D eigenvalue weighted by Gasteiger charge is -2.21. The molecule has 0 bridgehead atoms. The molecule has 0 saturated carbocycles. The van der Waals surface area contributed by atoms with Gasteiger partial charge in [-0.2, -0.15) is 0 Å². The van der Waals surface area contributed by atoms with Crippen LogP contribution in [0.25, 0.3) is 0 Å². The molecule has 2 nitrogen and oxygen atoms in total. The molecule has 1 aliphatic rings. The van der Waals surface area contributed by atoms with Gasteiger partial charge in [0, 0.05) is 17.1 Å².